The summed E-state index contributed by atoms with van der Waals surface area (Å²) in [5.41, 5.74) is 8.39. The van der Waals surface area contributed by atoms with Crippen molar-refractivity contribution in [1.29, 1.82) is 0 Å². The SMILES string of the molecule is CN1CCN(c2ccc(CO)cc2N=C(N)CCl)CC1. The van der Waals surface area contributed by atoms with E-state index in [1.807, 2.05) is 18.2 Å². The molecule has 110 valence electrons. The zero-order valence-corrected chi connectivity index (χ0v) is 12.5. The number of aliphatic hydroxyl groups excluding tert-OH is 1. The molecule has 3 N–H and O–H groups in total. The van der Waals surface area contributed by atoms with E-state index in [-0.39, 0.29) is 12.5 Å². The van der Waals surface area contributed by atoms with Crippen LogP contribution in [0.25, 0.3) is 0 Å². The average molecular weight is 297 g/mol. The number of hydrogen-bond acceptors (Lipinski definition) is 4. The first kappa shape index (κ1) is 15.1. The lowest BCUT2D eigenvalue weighted by molar-refractivity contribution is 0.282. The van der Waals surface area contributed by atoms with Crippen molar-refractivity contribution in [2.45, 2.75) is 6.61 Å². The van der Waals surface area contributed by atoms with Gasteiger partial charge in [-0.15, -0.1) is 11.6 Å². The van der Waals surface area contributed by atoms with Gasteiger partial charge in [-0.1, -0.05) is 6.07 Å². The van der Waals surface area contributed by atoms with Gasteiger partial charge in [0.05, 0.1) is 23.9 Å². The fraction of sp³-hybridized carbons (Fsp3) is 0.500. The van der Waals surface area contributed by atoms with Crippen molar-refractivity contribution in [1.82, 2.24) is 4.90 Å². The Balaban J connectivity index is 2.31. The molecule has 1 heterocycles. The molecule has 0 amide bonds. The first-order valence-corrected chi connectivity index (χ1v) is 7.23. The molecular formula is C14H21ClN4O. The van der Waals surface area contributed by atoms with E-state index < -0.39 is 0 Å². The zero-order valence-electron chi connectivity index (χ0n) is 11.7. The summed E-state index contributed by atoms with van der Waals surface area (Å²) in [7, 11) is 2.12. The number of benzene rings is 1. The highest BCUT2D eigenvalue weighted by Crippen LogP contribution is 2.30. The Morgan fingerprint density at radius 3 is 2.65 bits per heavy atom. The molecule has 0 unspecified atom stereocenters. The monoisotopic (exact) mass is 296 g/mol. The summed E-state index contributed by atoms with van der Waals surface area (Å²) in [4.78, 5) is 8.97. The van der Waals surface area contributed by atoms with Gasteiger partial charge in [0.1, 0.15) is 5.84 Å². The van der Waals surface area contributed by atoms with Crippen molar-refractivity contribution in [2.24, 2.45) is 10.7 Å². The van der Waals surface area contributed by atoms with E-state index in [0.29, 0.717) is 5.84 Å². The van der Waals surface area contributed by atoms with Gasteiger partial charge in [0.2, 0.25) is 0 Å². The Labute approximate surface area is 124 Å². The largest absolute Gasteiger partial charge is 0.392 e. The van der Waals surface area contributed by atoms with E-state index in [1.54, 1.807) is 0 Å². The lowest BCUT2D eigenvalue weighted by Gasteiger charge is -2.34. The van der Waals surface area contributed by atoms with Gasteiger partial charge in [-0.25, -0.2) is 4.99 Å². The van der Waals surface area contributed by atoms with Gasteiger partial charge in [-0.3, -0.25) is 0 Å². The number of hydrogen-bond donors (Lipinski definition) is 2. The van der Waals surface area contributed by atoms with Gasteiger partial charge in [0, 0.05) is 26.2 Å². The first-order chi connectivity index (χ1) is 9.63. The molecule has 0 atom stereocenters. The highest BCUT2D eigenvalue weighted by Gasteiger charge is 2.17. The third kappa shape index (κ3) is 3.62. The third-order valence-electron chi connectivity index (χ3n) is 3.47. The average Bonchev–Trinajstić information content (AvgIpc) is 2.48. The molecule has 20 heavy (non-hydrogen) atoms. The number of likely N-dealkylation sites (N-methyl/N-ethyl adjacent to an activating group) is 1. The summed E-state index contributed by atoms with van der Waals surface area (Å²) in [6, 6.07) is 5.79. The second-order valence-corrected chi connectivity index (χ2v) is 5.28. The molecular weight excluding hydrogens is 276 g/mol. The van der Waals surface area contributed by atoms with Gasteiger partial charge >= 0.3 is 0 Å². The molecule has 1 aliphatic heterocycles. The number of nitrogens with zero attached hydrogens (tertiary/aromatic N) is 3. The van der Waals surface area contributed by atoms with E-state index in [1.165, 1.54) is 0 Å². The summed E-state index contributed by atoms with van der Waals surface area (Å²) in [6.45, 7) is 3.95. The number of piperazine rings is 1. The molecule has 1 aromatic rings. The Bertz CT molecular complexity index is 484. The van der Waals surface area contributed by atoms with Crippen molar-refractivity contribution >= 4 is 28.8 Å². The fourth-order valence-corrected chi connectivity index (χ4v) is 2.32. The van der Waals surface area contributed by atoms with Crippen molar-refractivity contribution in [2.75, 3.05) is 44.0 Å². The van der Waals surface area contributed by atoms with E-state index in [9.17, 15) is 5.11 Å². The Hall–Kier alpha value is -1.30. The van der Waals surface area contributed by atoms with Gasteiger partial charge < -0.3 is 20.6 Å². The lowest BCUT2D eigenvalue weighted by atomic mass is 10.1. The summed E-state index contributed by atoms with van der Waals surface area (Å²) in [5, 5.41) is 9.26. The minimum atomic E-state index is -0.00762. The summed E-state index contributed by atoms with van der Waals surface area (Å²) < 4.78 is 0. The van der Waals surface area contributed by atoms with Gasteiger partial charge in [-0.2, -0.15) is 0 Å². The molecule has 0 radical (unpaired) electrons. The molecule has 6 heteroatoms. The van der Waals surface area contributed by atoms with Crippen LogP contribution in [-0.4, -0.2) is 54.9 Å². The Morgan fingerprint density at radius 2 is 2.05 bits per heavy atom. The Morgan fingerprint density at radius 1 is 1.35 bits per heavy atom. The zero-order chi connectivity index (χ0) is 14.5. The van der Waals surface area contributed by atoms with Crippen LogP contribution in [0.2, 0.25) is 0 Å². The standard InChI is InChI=1S/C14H21ClN4O/c1-18-4-6-19(7-5-18)13-3-2-11(10-20)8-12(13)17-14(16)9-15/h2-3,8,20H,4-7,9-10H2,1H3,(H2,16,17). The minimum Gasteiger partial charge on any atom is -0.392 e. The maximum atomic E-state index is 9.26. The quantitative estimate of drug-likeness (QED) is 0.497. The summed E-state index contributed by atoms with van der Waals surface area (Å²) in [6.07, 6.45) is 0. The van der Waals surface area contributed by atoms with Crippen LogP contribution in [0.4, 0.5) is 11.4 Å². The number of aliphatic hydroxyl groups is 1. The molecule has 2 rings (SSSR count). The summed E-state index contributed by atoms with van der Waals surface area (Å²) >= 11 is 5.71. The molecule has 1 aliphatic rings. The topological polar surface area (TPSA) is 65.1 Å². The van der Waals surface area contributed by atoms with Crippen molar-refractivity contribution in [3.05, 3.63) is 23.8 Å². The van der Waals surface area contributed by atoms with Crippen LogP contribution in [0.1, 0.15) is 5.56 Å². The molecule has 0 saturated carbocycles. The maximum Gasteiger partial charge on any atom is 0.115 e. The first-order valence-electron chi connectivity index (χ1n) is 6.70. The highest BCUT2D eigenvalue weighted by atomic mass is 35.5. The molecule has 5 nitrogen and oxygen atoms in total. The van der Waals surface area contributed by atoms with Crippen molar-refractivity contribution < 1.29 is 5.11 Å². The second kappa shape index (κ2) is 6.92. The predicted octanol–water partition coefficient (Wildman–Crippen LogP) is 1.16. The van der Waals surface area contributed by atoms with Crippen LogP contribution < -0.4 is 10.6 Å². The number of anilines is 1. The number of rotatable bonds is 4. The number of alkyl halides is 1. The Kier molecular flexibility index (Phi) is 5.23. The number of aliphatic imine (C=N–C) groups is 1. The summed E-state index contributed by atoms with van der Waals surface area (Å²) in [5.74, 6) is 0.586. The van der Waals surface area contributed by atoms with Crippen LogP contribution in [0.3, 0.4) is 0 Å². The van der Waals surface area contributed by atoms with Gasteiger partial charge in [0.15, 0.2) is 0 Å². The van der Waals surface area contributed by atoms with Gasteiger partial charge in [0.25, 0.3) is 0 Å². The lowest BCUT2D eigenvalue weighted by Crippen LogP contribution is -2.44. The smallest absolute Gasteiger partial charge is 0.115 e. The molecule has 1 fully saturated rings. The van der Waals surface area contributed by atoms with E-state index in [2.05, 4.69) is 21.8 Å². The van der Waals surface area contributed by atoms with E-state index >= 15 is 0 Å². The van der Waals surface area contributed by atoms with Crippen molar-refractivity contribution in [3.63, 3.8) is 0 Å². The van der Waals surface area contributed by atoms with E-state index in [0.717, 1.165) is 43.1 Å². The molecule has 0 spiro atoms. The number of amidine groups is 1. The maximum absolute atomic E-state index is 9.26. The molecule has 0 aromatic heterocycles. The molecule has 0 bridgehead atoms. The number of nitrogens with two attached hydrogens (primary N) is 1. The van der Waals surface area contributed by atoms with Gasteiger partial charge in [-0.05, 0) is 24.7 Å². The molecule has 0 aliphatic carbocycles. The van der Waals surface area contributed by atoms with Crippen molar-refractivity contribution in [3.8, 4) is 0 Å². The fourth-order valence-electron chi connectivity index (χ4n) is 2.26. The second-order valence-electron chi connectivity index (χ2n) is 5.01. The van der Waals surface area contributed by atoms with Crippen LogP contribution in [0, 0.1) is 0 Å². The number of halogens is 1. The van der Waals surface area contributed by atoms with Crippen LogP contribution in [-0.2, 0) is 6.61 Å². The van der Waals surface area contributed by atoms with Crippen LogP contribution in [0.15, 0.2) is 23.2 Å². The molecule has 1 aromatic carbocycles. The van der Waals surface area contributed by atoms with E-state index in [4.69, 9.17) is 17.3 Å². The molecule has 1 saturated heterocycles. The van der Waals surface area contributed by atoms with Crippen LogP contribution in [0.5, 0.6) is 0 Å². The minimum absolute atomic E-state index is 0.00762. The highest BCUT2D eigenvalue weighted by molar-refractivity contribution is 6.28. The van der Waals surface area contributed by atoms with Crippen LogP contribution >= 0.6 is 11.6 Å². The third-order valence-corrected chi connectivity index (χ3v) is 3.74. The predicted molar refractivity (Wildman–Crippen MR) is 84.1 cm³/mol. The normalized spacial score (nSPS) is 17.6.